The van der Waals surface area contributed by atoms with E-state index in [-0.39, 0.29) is 0 Å². The molecule has 0 atom stereocenters. The van der Waals surface area contributed by atoms with Crippen molar-refractivity contribution in [2.75, 3.05) is 19.0 Å². The summed E-state index contributed by atoms with van der Waals surface area (Å²) < 4.78 is 5.08. The fourth-order valence-corrected chi connectivity index (χ4v) is 1.11. The van der Waals surface area contributed by atoms with Gasteiger partial charge in [0, 0.05) is 32.0 Å². The summed E-state index contributed by atoms with van der Waals surface area (Å²) >= 11 is 0. The van der Waals surface area contributed by atoms with Crippen molar-refractivity contribution in [1.29, 1.82) is 0 Å². The van der Waals surface area contributed by atoms with Gasteiger partial charge < -0.3 is 9.64 Å². The topological polar surface area (TPSA) is 41.6 Å². The number of carbonyl (C=O) groups excluding carboxylic acids is 1. The highest BCUT2D eigenvalue weighted by Gasteiger charge is 2.03. The Balaban J connectivity index is 2.66. The predicted octanol–water partition coefficient (Wildman–Crippen LogP) is 2.37. The van der Waals surface area contributed by atoms with Crippen LogP contribution in [0.4, 0.5) is 10.5 Å². The van der Waals surface area contributed by atoms with Crippen LogP contribution in [0.2, 0.25) is 0 Å². The summed E-state index contributed by atoms with van der Waals surface area (Å²) in [5.41, 5.74) is 0.983. The molecular weight excluding hydrogens is 204 g/mol. The molecule has 0 aliphatic carbocycles. The van der Waals surface area contributed by atoms with Crippen molar-refractivity contribution in [3.05, 3.63) is 36.5 Å². The summed E-state index contributed by atoms with van der Waals surface area (Å²) in [6.07, 6.45) is 2.75. The quantitative estimate of drug-likeness (QED) is 0.850. The number of hydrogen-bond acceptors (Lipinski definition) is 3. The Kier molecular flexibility index (Phi) is 4.39. The maximum atomic E-state index is 11.3. The molecule has 0 spiro atoms. The third-order valence-electron chi connectivity index (χ3n) is 1.91. The van der Waals surface area contributed by atoms with Crippen LogP contribution in [0.5, 0.6) is 5.75 Å². The Labute approximate surface area is 95.5 Å². The van der Waals surface area contributed by atoms with Crippen molar-refractivity contribution in [3.8, 4) is 5.75 Å². The number of ether oxygens (including phenoxy) is 1. The van der Waals surface area contributed by atoms with Gasteiger partial charge in [-0.3, -0.25) is 5.32 Å². The van der Waals surface area contributed by atoms with Crippen LogP contribution >= 0.6 is 0 Å². The zero-order chi connectivity index (χ0) is 12.0. The van der Waals surface area contributed by atoms with Crippen LogP contribution in [-0.2, 0) is 0 Å². The molecule has 0 unspecified atom stereocenters. The number of anilines is 1. The first-order chi connectivity index (χ1) is 7.63. The molecule has 0 bridgehead atoms. The minimum atomic E-state index is -0.492. The van der Waals surface area contributed by atoms with Gasteiger partial charge in [0.05, 0.1) is 0 Å². The summed E-state index contributed by atoms with van der Waals surface area (Å²) in [4.78, 5) is 13.2. The average molecular weight is 220 g/mol. The highest BCUT2D eigenvalue weighted by molar-refractivity contribution is 5.71. The van der Waals surface area contributed by atoms with Crippen LogP contribution in [0.3, 0.4) is 0 Å². The van der Waals surface area contributed by atoms with Gasteiger partial charge in [0.2, 0.25) is 0 Å². The molecule has 0 aliphatic rings. The molecule has 0 aromatic heterocycles. The van der Waals surface area contributed by atoms with E-state index in [9.17, 15) is 4.79 Å². The normalized spacial score (nSPS) is 10.2. The number of rotatable bonds is 3. The van der Waals surface area contributed by atoms with Crippen molar-refractivity contribution in [3.63, 3.8) is 0 Å². The van der Waals surface area contributed by atoms with Gasteiger partial charge in [-0.2, -0.15) is 0 Å². The Morgan fingerprint density at radius 3 is 2.81 bits per heavy atom. The van der Waals surface area contributed by atoms with Gasteiger partial charge in [-0.1, -0.05) is 12.1 Å². The predicted molar refractivity (Wildman–Crippen MR) is 64.7 cm³/mol. The molecule has 1 amide bonds. The Morgan fingerprint density at radius 1 is 1.44 bits per heavy atom. The summed E-state index contributed by atoms with van der Waals surface area (Å²) in [5, 5.41) is 2.47. The largest absolute Gasteiger partial charge is 0.416 e. The van der Waals surface area contributed by atoms with E-state index in [1.54, 1.807) is 18.2 Å². The van der Waals surface area contributed by atoms with Crippen molar-refractivity contribution in [2.45, 2.75) is 6.92 Å². The minimum absolute atomic E-state index is 0.492. The third kappa shape index (κ3) is 3.65. The maximum absolute atomic E-state index is 11.3. The number of benzene rings is 1. The van der Waals surface area contributed by atoms with Crippen LogP contribution in [0.25, 0.3) is 0 Å². The van der Waals surface area contributed by atoms with Crippen LogP contribution in [0, 0.1) is 0 Å². The highest BCUT2D eigenvalue weighted by atomic mass is 16.5. The van der Waals surface area contributed by atoms with Crippen LogP contribution < -0.4 is 15.0 Å². The van der Waals surface area contributed by atoms with E-state index in [0.717, 1.165) is 5.69 Å². The van der Waals surface area contributed by atoms with E-state index in [4.69, 9.17) is 4.74 Å². The molecule has 0 saturated carbocycles. The summed E-state index contributed by atoms with van der Waals surface area (Å²) in [6, 6.07) is 7.32. The van der Waals surface area contributed by atoms with Gasteiger partial charge >= 0.3 is 6.09 Å². The highest BCUT2D eigenvalue weighted by Crippen LogP contribution is 2.19. The number of allylic oxidation sites excluding steroid dienone is 1. The monoisotopic (exact) mass is 220 g/mol. The minimum Gasteiger partial charge on any atom is -0.410 e. The molecular formula is C12H16N2O2. The van der Waals surface area contributed by atoms with Gasteiger partial charge in [0.1, 0.15) is 5.75 Å². The molecule has 0 saturated heterocycles. The Bertz CT molecular complexity index is 386. The second-order valence-corrected chi connectivity index (χ2v) is 3.43. The molecule has 1 aromatic rings. The Morgan fingerprint density at radius 2 is 2.19 bits per heavy atom. The van der Waals surface area contributed by atoms with Crippen molar-refractivity contribution in [2.24, 2.45) is 0 Å². The number of hydrogen-bond donors (Lipinski definition) is 1. The molecule has 0 heterocycles. The van der Waals surface area contributed by atoms with Crippen molar-refractivity contribution in [1.82, 2.24) is 5.32 Å². The third-order valence-corrected chi connectivity index (χ3v) is 1.91. The molecule has 0 aliphatic heterocycles. The van der Waals surface area contributed by atoms with Gasteiger partial charge in [0.15, 0.2) is 0 Å². The number of carbonyl (C=O) groups is 1. The van der Waals surface area contributed by atoms with Crippen LogP contribution in [-0.4, -0.2) is 20.2 Å². The number of nitrogens with zero attached hydrogens (tertiary/aromatic N) is 1. The molecule has 4 heteroatoms. The first kappa shape index (κ1) is 12.1. The van der Waals surface area contributed by atoms with Crippen LogP contribution in [0.15, 0.2) is 36.5 Å². The summed E-state index contributed by atoms with van der Waals surface area (Å²) in [7, 11) is 3.86. The molecule has 0 radical (unpaired) electrons. The lowest BCUT2D eigenvalue weighted by atomic mass is 10.3. The van der Waals surface area contributed by atoms with E-state index >= 15 is 0 Å². The van der Waals surface area contributed by atoms with Gasteiger partial charge in [-0.05, 0) is 19.1 Å². The fourth-order valence-electron chi connectivity index (χ4n) is 1.11. The molecule has 0 fully saturated rings. The van der Waals surface area contributed by atoms with Gasteiger partial charge in [-0.25, -0.2) is 4.79 Å². The lowest BCUT2D eigenvalue weighted by Gasteiger charge is -2.13. The smallest absolute Gasteiger partial charge is 0.410 e. The van der Waals surface area contributed by atoms with Gasteiger partial charge in [0.25, 0.3) is 0 Å². The lowest BCUT2D eigenvalue weighted by Crippen LogP contribution is -2.21. The first-order valence-electron chi connectivity index (χ1n) is 5.00. The molecule has 4 nitrogen and oxygen atoms in total. The van der Waals surface area contributed by atoms with Crippen molar-refractivity contribution < 1.29 is 9.53 Å². The van der Waals surface area contributed by atoms with Gasteiger partial charge in [-0.15, -0.1) is 0 Å². The van der Waals surface area contributed by atoms with Crippen molar-refractivity contribution >= 4 is 11.8 Å². The van der Waals surface area contributed by atoms with E-state index in [1.165, 1.54) is 6.20 Å². The molecule has 16 heavy (non-hydrogen) atoms. The summed E-state index contributed by atoms with van der Waals surface area (Å²) in [5.74, 6) is 0.521. The first-order valence-corrected chi connectivity index (χ1v) is 5.00. The number of nitrogens with one attached hydrogen (secondary N) is 1. The number of amides is 1. The second kappa shape index (κ2) is 5.80. The molecule has 86 valence electrons. The lowest BCUT2D eigenvalue weighted by molar-refractivity contribution is 0.204. The summed E-state index contributed by atoms with van der Waals surface area (Å²) in [6.45, 7) is 1.81. The maximum Gasteiger partial charge on any atom is 0.416 e. The standard InChI is InChI=1S/C12H16N2O2/c1-4-8-13-12(15)16-11-7-5-6-10(9-11)14(2)3/h4-9H,1-3H3,(H,13,15). The fraction of sp³-hybridized carbons (Fsp3) is 0.250. The Hall–Kier alpha value is -1.97. The van der Waals surface area contributed by atoms with E-state index in [0.29, 0.717) is 5.75 Å². The average Bonchev–Trinajstić information content (AvgIpc) is 2.26. The molecule has 1 N–H and O–H groups in total. The van der Waals surface area contributed by atoms with E-state index < -0.39 is 6.09 Å². The van der Waals surface area contributed by atoms with E-state index in [2.05, 4.69) is 5.32 Å². The zero-order valence-electron chi connectivity index (χ0n) is 9.73. The zero-order valence-corrected chi connectivity index (χ0v) is 9.73. The van der Waals surface area contributed by atoms with Crippen LogP contribution in [0.1, 0.15) is 6.92 Å². The SMILES string of the molecule is CC=CNC(=O)Oc1cccc(N(C)C)c1. The van der Waals surface area contributed by atoms with E-state index in [1.807, 2.05) is 38.1 Å². The molecule has 1 aromatic carbocycles. The molecule has 1 rings (SSSR count). The second-order valence-electron chi connectivity index (χ2n) is 3.43.